The molecule has 0 aromatic heterocycles. The van der Waals surface area contributed by atoms with E-state index in [2.05, 4.69) is 6.58 Å². The molecule has 4 nitrogen and oxygen atoms in total. The molecular formula is C16H20O4. The molecule has 0 aliphatic heterocycles. The van der Waals surface area contributed by atoms with Gasteiger partial charge in [-0.25, -0.2) is 4.79 Å². The van der Waals surface area contributed by atoms with Crippen LogP contribution in [0.2, 0.25) is 0 Å². The maximum absolute atomic E-state index is 11.7. The quantitative estimate of drug-likeness (QED) is 0.584. The van der Waals surface area contributed by atoms with Crippen LogP contribution in [-0.2, 0) is 14.3 Å². The highest BCUT2D eigenvalue weighted by molar-refractivity contribution is 5.76. The van der Waals surface area contributed by atoms with Crippen LogP contribution in [0.5, 0.6) is 0 Å². The van der Waals surface area contributed by atoms with Crippen molar-refractivity contribution >= 4 is 12.0 Å². The van der Waals surface area contributed by atoms with Gasteiger partial charge >= 0.3 is 5.97 Å². The highest BCUT2D eigenvalue weighted by Gasteiger charge is 2.26. The van der Waals surface area contributed by atoms with Crippen LogP contribution >= 0.6 is 0 Å². The van der Waals surface area contributed by atoms with Gasteiger partial charge < -0.3 is 14.6 Å². The molecule has 0 aliphatic rings. The van der Waals surface area contributed by atoms with E-state index in [-0.39, 0.29) is 13.2 Å². The first-order chi connectivity index (χ1) is 9.69. The van der Waals surface area contributed by atoms with Crippen molar-refractivity contribution in [2.75, 3.05) is 13.2 Å². The third-order valence-electron chi connectivity index (χ3n) is 2.51. The van der Waals surface area contributed by atoms with Gasteiger partial charge in [0.25, 0.3) is 0 Å². The van der Waals surface area contributed by atoms with E-state index >= 15 is 0 Å². The Labute approximate surface area is 119 Å². The van der Waals surface area contributed by atoms with Gasteiger partial charge in [0.05, 0.1) is 13.2 Å². The number of aliphatic hydroxyl groups is 1. The molecule has 0 bridgehead atoms. The molecule has 1 aromatic rings. The summed E-state index contributed by atoms with van der Waals surface area (Å²) >= 11 is 0. The highest BCUT2D eigenvalue weighted by atomic mass is 16.6. The molecule has 1 aromatic carbocycles. The molecule has 0 radical (unpaired) electrons. The number of rotatable bonds is 8. The third-order valence-corrected chi connectivity index (χ3v) is 2.51. The van der Waals surface area contributed by atoms with E-state index in [0.29, 0.717) is 0 Å². The van der Waals surface area contributed by atoms with Gasteiger partial charge in [0.1, 0.15) is 6.10 Å². The Morgan fingerprint density at radius 1 is 1.40 bits per heavy atom. The van der Waals surface area contributed by atoms with Crippen molar-refractivity contribution in [2.24, 2.45) is 0 Å². The standard InChI is InChI=1S/C16H20O4/c1-3-12-20-15(16(18)19-4-2)14(17)11-10-13-8-6-5-7-9-13/h3,5-11,14-15,17H,1,4,12H2,2H3/b11-10+/t14-,15-/m1/s1. The summed E-state index contributed by atoms with van der Waals surface area (Å²) in [6.07, 6.45) is 2.63. The largest absolute Gasteiger partial charge is 0.464 e. The van der Waals surface area contributed by atoms with Crippen LogP contribution in [-0.4, -0.2) is 36.5 Å². The minimum absolute atomic E-state index is 0.166. The van der Waals surface area contributed by atoms with Crippen molar-refractivity contribution in [1.29, 1.82) is 0 Å². The van der Waals surface area contributed by atoms with Gasteiger partial charge in [-0.15, -0.1) is 6.58 Å². The second-order valence-corrected chi connectivity index (χ2v) is 4.06. The van der Waals surface area contributed by atoms with Crippen LogP contribution in [0.25, 0.3) is 6.08 Å². The number of benzene rings is 1. The SMILES string of the molecule is C=CCO[C@@H](C(=O)OCC)[C@H](O)/C=C/c1ccccc1. The predicted molar refractivity (Wildman–Crippen MR) is 78.1 cm³/mol. The van der Waals surface area contributed by atoms with Crippen molar-refractivity contribution < 1.29 is 19.4 Å². The van der Waals surface area contributed by atoms with Crippen molar-refractivity contribution in [1.82, 2.24) is 0 Å². The lowest BCUT2D eigenvalue weighted by molar-refractivity contribution is -0.161. The van der Waals surface area contributed by atoms with Crippen LogP contribution in [0.3, 0.4) is 0 Å². The van der Waals surface area contributed by atoms with E-state index in [1.165, 1.54) is 12.2 Å². The summed E-state index contributed by atoms with van der Waals surface area (Å²) in [5, 5.41) is 10.0. The predicted octanol–water partition coefficient (Wildman–Crippen LogP) is 2.20. The molecular weight excluding hydrogens is 256 g/mol. The van der Waals surface area contributed by atoms with Crippen LogP contribution in [0, 0.1) is 0 Å². The van der Waals surface area contributed by atoms with Gasteiger partial charge in [-0.1, -0.05) is 48.6 Å². The van der Waals surface area contributed by atoms with Crippen molar-refractivity contribution in [3.8, 4) is 0 Å². The van der Waals surface area contributed by atoms with Crippen molar-refractivity contribution in [3.05, 3.63) is 54.6 Å². The topological polar surface area (TPSA) is 55.8 Å². The minimum Gasteiger partial charge on any atom is -0.464 e. The molecule has 20 heavy (non-hydrogen) atoms. The average molecular weight is 276 g/mol. The Kier molecular flexibility index (Phi) is 7.32. The van der Waals surface area contributed by atoms with Crippen LogP contribution in [0.1, 0.15) is 12.5 Å². The molecule has 0 saturated carbocycles. The summed E-state index contributed by atoms with van der Waals surface area (Å²) in [5.41, 5.74) is 0.929. The Hall–Kier alpha value is -1.91. The Morgan fingerprint density at radius 3 is 2.70 bits per heavy atom. The summed E-state index contributed by atoms with van der Waals surface area (Å²) in [7, 11) is 0. The molecule has 0 unspecified atom stereocenters. The van der Waals surface area contributed by atoms with Gasteiger partial charge in [-0.3, -0.25) is 0 Å². The second kappa shape index (κ2) is 9.07. The molecule has 0 aliphatic carbocycles. The Bertz CT molecular complexity index is 439. The van der Waals surface area contributed by atoms with Gasteiger partial charge in [-0.2, -0.15) is 0 Å². The summed E-state index contributed by atoms with van der Waals surface area (Å²) in [4.78, 5) is 11.7. The zero-order chi connectivity index (χ0) is 14.8. The van der Waals surface area contributed by atoms with Crippen molar-refractivity contribution in [2.45, 2.75) is 19.1 Å². The molecule has 1 N–H and O–H groups in total. The monoisotopic (exact) mass is 276 g/mol. The van der Waals surface area contributed by atoms with E-state index in [1.807, 2.05) is 30.3 Å². The summed E-state index contributed by atoms with van der Waals surface area (Å²) in [6.45, 7) is 5.62. The van der Waals surface area contributed by atoms with Crippen molar-refractivity contribution in [3.63, 3.8) is 0 Å². The molecule has 0 spiro atoms. The van der Waals surface area contributed by atoms with Gasteiger partial charge in [0.2, 0.25) is 0 Å². The van der Waals surface area contributed by atoms with Crippen LogP contribution < -0.4 is 0 Å². The first-order valence-corrected chi connectivity index (χ1v) is 6.49. The average Bonchev–Trinajstić information content (AvgIpc) is 2.47. The van der Waals surface area contributed by atoms with Crippen LogP contribution in [0.4, 0.5) is 0 Å². The molecule has 0 amide bonds. The maximum Gasteiger partial charge on any atom is 0.338 e. The van der Waals surface area contributed by atoms with Gasteiger partial charge in [-0.05, 0) is 12.5 Å². The number of esters is 1. The molecule has 0 heterocycles. The molecule has 2 atom stereocenters. The smallest absolute Gasteiger partial charge is 0.338 e. The number of hydrogen-bond acceptors (Lipinski definition) is 4. The number of ether oxygens (including phenoxy) is 2. The second-order valence-electron chi connectivity index (χ2n) is 4.06. The lowest BCUT2D eigenvalue weighted by Gasteiger charge is -2.18. The van der Waals surface area contributed by atoms with E-state index in [4.69, 9.17) is 9.47 Å². The fraction of sp³-hybridized carbons (Fsp3) is 0.312. The normalized spacial score (nSPS) is 13.9. The van der Waals surface area contributed by atoms with Gasteiger partial charge in [0.15, 0.2) is 6.10 Å². The number of aliphatic hydroxyl groups excluding tert-OH is 1. The first-order valence-electron chi connectivity index (χ1n) is 6.49. The molecule has 1 rings (SSSR count). The minimum atomic E-state index is -1.07. The Balaban J connectivity index is 2.71. The highest BCUT2D eigenvalue weighted by Crippen LogP contribution is 2.08. The first kappa shape index (κ1) is 16.1. The lowest BCUT2D eigenvalue weighted by atomic mass is 10.1. The molecule has 0 fully saturated rings. The Morgan fingerprint density at radius 2 is 2.10 bits per heavy atom. The summed E-state index contributed by atoms with van der Waals surface area (Å²) in [5.74, 6) is -0.584. The summed E-state index contributed by atoms with van der Waals surface area (Å²) < 4.78 is 10.1. The molecule has 4 heteroatoms. The van der Waals surface area contributed by atoms with E-state index in [1.54, 1.807) is 13.0 Å². The number of carbonyl (C=O) groups excluding carboxylic acids is 1. The fourth-order valence-electron chi connectivity index (χ4n) is 1.58. The summed E-state index contributed by atoms with van der Waals surface area (Å²) in [6, 6.07) is 9.48. The molecule has 108 valence electrons. The van der Waals surface area contributed by atoms with Crippen LogP contribution in [0.15, 0.2) is 49.1 Å². The van der Waals surface area contributed by atoms with E-state index < -0.39 is 18.2 Å². The van der Waals surface area contributed by atoms with E-state index in [9.17, 15) is 9.90 Å². The van der Waals surface area contributed by atoms with E-state index in [0.717, 1.165) is 5.56 Å². The zero-order valence-corrected chi connectivity index (χ0v) is 11.6. The molecule has 0 saturated heterocycles. The van der Waals surface area contributed by atoms with Gasteiger partial charge in [0, 0.05) is 0 Å². The maximum atomic E-state index is 11.7. The third kappa shape index (κ3) is 5.38. The zero-order valence-electron chi connectivity index (χ0n) is 11.6. The number of hydrogen-bond donors (Lipinski definition) is 1. The fourth-order valence-corrected chi connectivity index (χ4v) is 1.58. The lowest BCUT2D eigenvalue weighted by Crippen LogP contribution is -2.37. The number of carbonyl (C=O) groups is 1.